The summed E-state index contributed by atoms with van der Waals surface area (Å²) in [6.07, 6.45) is 1.09. The molecule has 88 valence electrons. The third kappa shape index (κ3) is 2.57. The van der Waals surface area contributed by atoms with E-state index in [-0.39, 0.29) is 6.61 Å². The van der Waals surface area contributed by atoms with Crippen molar-refractivity contribution in [2.24, 2.45) is 0 Å². The maximum absolute atomic E-state index is 13.0. The Bertz CT molecular complexity index is 560. The third-order valence-electron chi connectivity index (χ3n) is 2.30. The van der Waals surface area contributed by atoms with Crippen LogP contribution in [0.4, 0.5) is 4.39 Å². The second-order valence-corrected chi connectivity index (χ2v) is 4.26. The van der Waals surface area contributed by atoms with Crippen molar-refractivity contribution >= 4 is 23.2 Å². The number of halogens is 3. The predicted molar refractivity (Wildman–Crippen MR) is 65.6 cm³/mol. The Morgan fingerprint density at radius 3 is 2.59 bits per heavy atom. The fraction of sp³-hybridized carbons (Fsp3) is 0.0833. The zero-order valence-electron chi connectivity index (χ0n) is 8.62. The number of rotatable bonds is 2. The highest BCUT2D eigenvalue weighted by Gasteiger charge is 2.09. The Kier molecular flexibility index (Phi) is 3.62. The van der Waals surface area contributed by atoms with Gasteiger partial charge in [-0.2, -0.15) is 0 Å². The summed E-state index contributed by atoms with van der Waals surface area (Å²) >= 11 is 11.7. The first-order chi connectivity index (χ1) is 8.11. The van der Waals surface area contributed by atoms with E-state index in [4.69, 9.17) is 28.3 Å². The second-order valence-electron chi connectivity index (χ2n) is 3.45. The Balaban J connectivity index is 2.55. The molecule has 0 saturated heterocycles. The van der Waals surface area contributed by atoms with Crippen LogP contribution in [0.2, 0.25) is 10.0 Å². The molecule has 0 amide bonds. The molecule has 1 N–H and O–H groups in total. The largest absolute Gasteiger partial charge is 0.392 e. The molecular weight excluding hydrogens is 264 g/mol. The van der Waals surface area contributed by atoms with Crippen LogP contribution in [0.5, 0.6) is 0 Å². The van der Waals surface area contributed by atoms with E-state index in [0.29, 0.717) is 26.9 Å². The molecule has 0 fully saturated rings. The standard InChI is InChI=1S/C12H8Cl2FNO/c13-10-2-1-7(4-11(10)14)12-8(6-17)3-9(15)5-16-12/h1-5,17H,6H2. The zero-order valence-corrected chi connectivity index (χ0v) is 10.1. The molecule has 2 nitrogen and oxygen atoms in total. The minimum absolute atomic E-state index is 0.291. The van der Waals surface area contributed by atoms with Gasteiger partial charge < -0.3 is 5.11 Å². The summed E-state index contributed by atoms with van der Waals surface area (Å²) in [4.78, 5) is 3.95. The first-order valence-electron chi connectivity index (χ1n) is 4.82. The van der Waals surface area contributed by atoms with Crippen LogP contribution in [0.25, 0.3) is 11.3 Å². The summed E-state index contributed by atoms with van der Waals surface area (Å²) in [6, 6.07) is 6.22. The average Bonchev–Trinajstić information content (AvgIpc) is 2.32. The summed E-state index contributed by atoms with van der Waals surface area (Å²) in [5.41, 5.74) is 1.58. The van der Waals surface area contributed by atoms with E-state index < -0.39 is 5.82 Å². The average molecular weight is 272 g/mol. The van der Waals surface area contributed by atoms with Crippen LogP contribution in [0.3, 0.4) is 0 Å². The molecule has 17 heavy (non-hydrogen) atoms. The molecule has 1 heterocycles. The van der Waals surface area contributed by atoms with Crippen LogP contribution in [-0.2, 0) is 6.61 Å². The highest BCUT2D eigenvalue weighted by Crippen LogP contribution is 2.29. The van der Waals surface area contributed by atoms with Gasteiger partial charge in [0.1, 0.15) is 5.82 Å². The molecule has 0 saturated carbocycles. The van der Waals surface area contributed by atoms with Crippen LogP contribution in [0, 0.1) is 5.82 Å². The Morgan fingerprint density at radius 2 is 1.94 bits per heavy atom. The Labute approximate surface area is 108 Å². The summed E-state index contributed by atoms with van der Waals surface area (Å²) < 4.78 is 13.0. The zero-order chi connectivity index (χ0) is 12.4. The molecular formula is C12H8Cl2FNO. The van der Waals surface area contributed by atoms with Crippen molar-refractivity contribution in [2.75, 3.05) is 0 Å². The first-order valence-corrected chi connectivity index (χ1v) is 5.58. The van der Waals surface area contributed by atoms with Crippen molar-refractivity contribution in [3.05, 3.63) is 51.9 Å². The number of aliphatic hydroxyl groups excluding tert-OH is 1. The van der Waals surface area contributed by atoms with E-state index in [1.807, 2.05) is 0 Å². The van der Waals surface area contributed by atoms with Gasteiger partial charge in [0.05, 0.1) is 28.5 Å². The fourth-order valence-electron chi connectivity index (χ4n) is 1.51. The molecule has 2 aromatic rings. The van der Waals surface area contributed by atoms with Crippen molar-refractivity contribution in [3.8, 4) is 11.3 Å². The van der Waals surface area contributed by atoms with Crippen molar-refractivity contribution < 1.29 is 9.50 Å². The number of aromatic nitrogens is 1. The van der Waals surface area contributed by atoms with E-state index in [1.165, 1.54) is 6.07 Å². The SMILES string of the molecule is OCc1cc(F)cnc1-c1ccc(Cl)c(Cl)c1. The fourth-order valence-corrected chi connectivity index (χ4v) is 1.80. The van der Waals surface area contributed by atoms with Crippen LogP contribution in [0.15, 0.2) is 30.5 Å². The lowest BCUT2D eigenvalue weighted by Crippen LogP contribution is -1.94. The van der Waals surface area contributed by atoms with Gasteiger partial charge in [0.2, 0.25) is 0 Å². The number of hydrogen-bond donors (Lipinski definition) is 1. The van der Waals surface area contributed by atoms with Crippen LogP contribution < -0.4 is 0 Å². The summed E-state index contributed by atoms with van der Waals surface area (Å²) in [7, 11) is 0. The van der Waals surface area contributed by atoms with E-state index in [2.05, 4.69) is 4.98 Å². The number of aliphatic hydroxyl groups is 1. The van der Waals surface area contributed by atoms with Gasteiger partial charge in [-0.1, -0.05) is 29.3 Å². The Morgan fingerprint density at radius 1 is 1.18 bits per heavy atom. The van der Waals surface area contributed by atoms with E-state index in [9.17, 15) is 4.39 Å². The lowest BCUT2D eigenvalue weighted by atomic mass is 10.1. The third-order valence-corrected chi connectivity index (χ3v) is 3.04. The minimum Gasteiger partial charge on any atom is -0.392 e. The molecule has 0 bridgehead atoms. The highest BCUT2D eigenvalue weighted by molar-refractivity contribution is 6.42. The lowest BCUT2D eigenvalue weighted by molar-refractivity contribution is 0.281. The summed E-state index contributed by atoms with van der Waals surface area (Å²) in [5.74, 6) is -0.488. The van der Waals surface area contributed by atoms with Crippen LogP contribution in [-0.4, -0.2) is 10.1 Å². The molecule has 0 spiro atoms. The highest BCUT2D eigenvalue weighted by atomic mass is 35.5. The van der Waals surface area contributed by atoms with Crippen molar-refractivity contribution in [3.63, 3.8) is 0 Å². The van der Waals surface area contributed by atoms with Crippen LogP contribution in [0.1, 0.15) is 5.56 Å². The van der Waals surface area contributed by atoms with Gasteiger partial charge in [-0.25, -0.2) is 4.39 Å². The topological polar surface area (TPSA) is 33.1 Å². The maximum atomic E-state index is 13.0. The minimum atomic E-state index is -0.488. The monoisotopic (exact) mass is 271 g/mol. The molecule has 0 unspecified atom stereocenters. The summed E-state index contributed by atoms with van der Waals surface area (Å²) in [5, 5.41) is 9.98. The molecule has 2 rings (SSSR count). The van der Waals surface area contributed by atoms with E-state index >= 15 is 0 Å². The van der Waals surface area contributed by atoms with Crippen molar-refractivity contribution in [1.29, 1.82) is 0 Å². The van der Waals surface area contributed by atoms with Gasteiger partial charge in [-0.15, -0.1) is 0 Å². The molecule has 0 atom stereocenters. The molecule has 0 aliphatic carbocycles. The predicted octanol–water partition coefficient (Wildman–Crippen LogP) is 3.69. The molecule has 0 aliphatic rings. The number of nitrogens with zero attached hydrogens (tertiary/aromatic N) is 1. The smallest absolute Gasteiger partial charge is 0.141 e. The molecule has 0 aliphatic heterocycles. The quantitative estimate of drug-likeness (QED) is 0.904. The number of benzene rings is 1. The van der Waals surface area contributed by atoms with Crippen molar-refractivity contribution in [1.82, 2.24) is 4.98 Å². The van der Waals surface area contributed by atoms with Gasteiger partial charge in [0.25, 0.3) is 0 Å². The maximum Gasteiger partial charge on any atom is 0.141 e. The van der Waals surface area contributed by atoms with Crippen LogP contribution >= 0.6 is 23.2 Å². The molecule has 1 aromatic carbocycles. The second kappa shape index (κ2) is 5.00. The number of hydrogen-bond acceptors (Lipinski definition) is 2. The van der Waals surface area contributed by atoms with Gasteiger partial charge >= 0.3 is 0 Å². The first kappa shape index (κ1) is 12.3. The number of pyridine rings is 1. The van der Waals surface area contributed by atoms with Gasteiger partial charge in [-0.3, -0.25) is 4.98 Å². The molecule has 5 heteroatoms. The summed E-state index contributed by atoms with van der Waals surface area (Å²) in [6.45, 7) is -0.291. The normalized spacial score (nSPS) is 10.6. The van der Waals surface area contributed by atoms with E-state index in [0.717, 1.165) is 6.20 Å². The van der Waals surface area contributed by atoms with Gasteiger partial charge in [-0.05, 0) is 18.2 Å². The molecule has 0 radical (unpaired) electrons. The lowest BCUT2D eigenvalue weighted by Gasteiger charge is -2.07. The van der Waals surface area contributed by atoms with E-state index in [1.54, 1.807) is 18.2 Å². The van der Waals surface area contributed by atoms with Crippen molar-refractivity contribution in [2.45, 2.75) is 6.61 Å². The van der Waals surface area contributed by atoms with Gasteiger partial charge in [0, 0.05) is 11.1 Å². The molecule has 1 aromatic heterocycles. The Hall–Kier alpha value is -1.16. The van der Waals surface area contributed by atoms with Gasteiger partial charge in [0.15, 0.2) is 0 Å².